The monoisotopic (exact) mass is 406 g/mol. The van der Waals surface area contributed by atoms with Crippen molar-refractivity contribution in [2.75, 3.05) is 6.79 Å². The fraction of sp³-hybridized carbons (Fsp3) is 0.577. The zero-order chi connectivity index (χ0) is 20.2. The van der Waals surface area contributed by atoms with Crippen LogP contribution in [0.3, 0.4) is 0 Å². The number of hydrogen-bond donors (Lipinski definition) is 1. The predicted molar refractivity (Wildman–Crippen MR) is 113 cm³/mol. The summed E-state index contributed by atoms with van der Waals surface area (Å²) < 4.78 is 10.9. The van der Waals surface area contributed by atoms with Gasteiger partial charge in [-0.3, -0.25) is 4.79 Å². The van der Waals surface area contributed by atoms with Crippen molar-refractivity contribution >= 4 is 5.97 Å². The molecule has 1 N–H and O–H groups in total. The summed E-state index contributed by atoms with van der Waals surface area (Å²) in [4.78, 5) is 11.7. The zero-order valence-corrected chi connectivity index (χ0v) is 17.3. The first kappa shape index (κ1) is 18.5. The number of fused-ring (bicyclic) bond motifs is 1. The second kappa shape index (κ2) is 7.18. The van der Waals surface area contributed by atoms with Crippen LogP contribution in [0.4, 0.5) is 0 Å². The molecule has 1 aliphatic heterocycles. The molecule has 0 radical (unpaired) electrons. The normalized spacial score (nSPS) is 38.9. The number of carboxylic acids is 1. The van der Waals surface area contributed by atoms with E-state index in [9.17, 15) is 9.90 Å². The second-order valence-electron chi connectivity index (χ2n) is 9.96. The van der Waals surface area contributed by atoms with Crippen LogP contribution >= 0.6 is 0 Å². The van der Waals surface area contributed by atoms with E-state index in [0.29, 0.717) is 24.5 Å². The number of aryl methyl sites for hydroxylation is 1. The number of carbonyl (C=O) groups is 1. The van der Waals surface area contributed by atoms with Crippen molar-refractivity contribution < 1.29 is 19.4 Å². The average Bonchev–Trinajstić information content (AvgIpc) is 3.34. The number of rotatable bonds is 7. The van der Waals surface area contributed by atoms with Crippen molar-refractivity contribution in [1.29, 1.82) is 0 Å². The van der Waals surface area contributed by atoms with E-state index in [1.54, 1.807) is 0 Å². The van der Waals surface area contributed by atoms with Crippen LogP contribution in [-0.2, 0) is 11.2 Å². The Hall–Kier alpha value is -2.23. The predicted octanol–water partition coefficient (Wildman–Crippen LogP) is 5.09. The minimum absolute atomic E-state index is 0.228. The van der Waals surface area contributed by atoms with Gasteiger partial charge in [-0.25, -0.2) is 0 Å². The maximum absolute atomic E-state index is 11.7. The smallest absolute Gasteiger partial charge is 0.310 e. The molecule has 0 bridgehead atoms. The number of unbranched alkanes of at least 4 members (excludes halogenated alkanes) is 2. The SMILES string of the molecule is O=C(O)[C@@H]1C=C[C@@H]2C[C@H]3[C@H](CCCCCc4ccc5c(c4)OCO5)[C@H]4C=C[C@H]1[C@@H]2[C@H]43. The molecule has 30 heavy (non-hydrogen) atoms. The molecule has 0 spiro atoms. The molecule has 1 aromatic carbocycles. The first-order valence-corrected chi connectivity index (χ1v) is 11.7. The fourth-order valence-electron chi connectivity index (χ4n) is 7.42. The van der Waals surface area contributed by atoms with Gasteiger partial charge in [0.05, 0.1) is 5.92 Å². The number of ether oxygens (including phenoxy) is 2. The summed E-state index contributed by atoms with van der Waals surface area (Å²) in [5.41, 5.74) is 1.34. The molecule has 4 nitrogen and oxygen atoms in total. The Balaban J connectivity index is 1.02. The Morgan fingerprint density at radius 1 is 0.967 bits per heavy atom. The van der Waals surface area contributed by atoms with E-state index in [1.807, 2.05) is 12.1 Å². The Morgan fingerprint density at radius 2 is 1.83 bits per heavy atom. The maximum Gasteiger partial charge on any atom is 0.310 e. The lowest BCUT2D eigenvalue weighted by Crippen LogP contribution is -2.50. The molecule has 2 saturated carbocycles. The van der Waals surface area contributed by atoms with Crippen molar-refractivity contribution in [2.24, 2.45) is 47.3 Å². The standard InChI is InChI=1S/C26H30O4/c27-26(28)20-8-7-16-13-21-17(18-9-10-19(20)24(16)25(18)21)5-3-1-2-4-15-6-11-22-23(12-15)30-14-29-22/h6-12,16-21,24-25H,1-5,13-14H2,(H,27,28)/t16-,17-,18-,19-,20-,21+,24-,25-/m1/s1. The highest BCUT2D eigenvalue weighted by molar-refractivity contribution is 5.73. The molecular weight excluding hydrogens is 376 g/mol. The van der Waals surface area contributed by atoms with Crippen molar-refractivity contribution in [3.8, 4) is 11.5 Å². The number of benzene rings is 1. The highest BCUT2D eigenvalue weighted by atomic mass is 16.7. The topological polar surface area (TPSA) is 55.8 Å². The molecule has 158 valence electrons. The van der Waals surface area contributed by atoms with Crippen LogP contribution in [0.25, 0.3) is 0 Å². The Bertz CT molecular complexity index is 902. The summed E-state index contributed by atoms with van der Waals surface area (Å²) >= 11 is 0. The fourth-order valence-corrected chi connectivity index (χ4v) is 7.42. The van der Waals surface area contributed by atoms with E-state index in [2.05, 4.69) is 30.4 Å². The third-order valence-electron chi connectivity index (χ3n) is 8.67. The summed E-state index contributed by atoms with van der Waals surface area (Å²) in [5, 5.41) is 9.60. The third-order valence-corrected chi connectivity index (χ3v) is 8.67. The van der Waals surface area contributed by atoms with Crippen LogP contribution < -0.4 is 9.47 Å². The van der Waals surface area contributed by atoms with E-state index in [4.69, 9.17) is 9.47 Å². The van der Waals surface area contributed by atoms with Crippen molar-refractivity contribution in [2.45, 2.75) is 38.5 Å². The number of carboxylic acid groups (broad SMARTS) is 1. The van der Waals surface area contributed by atoms with E-state index >= 15 is 0 Å². The quantitative estimate of drug-likeness (QED) is 0.506. The summed E-state index contributed by atoms with van der Waals surface area (Å²) in [6.45, 7) is 0.340. The molecule has 1 aromatic rings. The van der Waals surface area contributed by atoms with Crippen molar-refractivity contribution in [1.82, 2.24) is 0 Å². The van der Waals surface area contributed by atoms with E-state index in [1.165, 1.54) is 37.7 Å². The molecule has 5 aliphatic rings. The van der Waals surface area contributed by atoms with Crippen LogP contribution in [-0.4, -0.2) is 17.9 Å². The summed E-state index contributed by atoms with van der Waals surface area (Å²) in [5.74, 6) is 5.31. The van der Waals surface area contributed by atoms with Gasteiger partial charge in [-0.2, -0.15) is 0 Å². The van der Waals surface area contributed by atoms with Gasteiger partial charge in [-0.1, -0.05) is 43.2 Å². The van der Waals surface area contributed by atoms with Crippen LogP contribution in [0.15, 0.2) is 42.5 Å². The molecule has 0 amide bonds. The molecule has 6 rings (SSSR count). The van der Waals surface area contributed by atoms with Gasteiger partial charge in [0, 0.05) is 0 Å². The Morgan fingerprint density at radius 3 is 2.73 bits per heavy atom. The number of hydrogen-bond acceptors (Lipinski definition) is 3. The van der Waals surface area contributed by atoms with Gasteiger partial charge in [-0.05, 0) is 84.8 Å². The maximum atomic E-state index is 11.7. The molecular formula is C26H30O4. The molecule has 4 heteroatoms. The molecule has 0 unspecified atom stereocenters. The number of allylic oxidation sites excluding steroid dienone is 3. The zero-order valence-electron chi connectivity index (χ0n) is 17.3. The lowest BCUT2D eigenvalue weighted by Gasteiger charge is -2.54. The Kier molecular flexibility index (Phi) is 4.43. The largest absolute Gasteiger partial charge is 0.481 e. The Labute approximate surface area is 178 Å². The average molecular weight is 407 g/mol. The van der Waals surface area contributed by atoms with Gasteiger partial charge in [-0.15, -0.1) is 0 Å². The first-order valence-electron chi connectivity index (χ1n) is 11.7. The minimum Gasteiger partial charge on any atom is -0.481 e. The summed E-state index contributed by atoms with van der Waals surface area (Å²) in [6, 6.07) is 6.31. The van der Waals surface area contributed by atoms with Gasteiger partial charge in [0.1, 0.15) is 0 Å². The van der Waals surface area contributed by atoms with Crippen LogP contribution in [0.1, 0.15) is 37.7 Å². The summed E-state index contributed by atoms with van der Waals surface area (Å²) in [7, 11) is 0. The number of aliphatic carboxylic acids is 1. The van der Waals surface area contributed by atoms with Gasteiger partial charge < -0.3 is 14.6 Å². The van der Waals surface area contributed by atoms with Crippen LogP contribution in [0, 0.1) is 47.3 Å². The van der Waals surface area contributed by atoms with Crippen molar-refractivity contribution in [3.05, 3.63) is 48.1 Å². The minimum atomic E-state index is -0.653. The van der Waals surface area contributed by atoms with Gasteiger partial charge in [0.2, 0.25) is 6.79 Å². The van der Waals surface area contributed by atoms with Crippen LogP contribution in [0.5, 0.6) is 11.5 Å². The first-order chi connectivity index (χ1) is 14.7. The highest BCUT2D eigenvalue weighted by Crippen LogP contribution is 2.67. The molecule has 0 aromatic heterocycles. The van der Waals surface area contributed by atoms with E-state index in [0.717, 1.165) is 35.7 Å². The molecule has 2 fully saturated rings. The van der Waals surface area contributed by atoms with Gasteiger partial charge in [0.25, 0.3) is 0 Å². The molecule has 8 atom stereocenters. The molecule has 4 aliphatic carbocycles. The third kappa shape index (κ3) is 2.83. The summed E-state index contributed by atoms with van der Waals surface area (Å²) in [6.07, 6.45) is 16.4. The lowest BCUT2D eigenvalue weighted by atomic mass is 9.50. The van der Waals surface area contributed by atoms with E-state index in [-0.39, 0.29) is 11.8 Å². The van der Waals surface area contributed by atoms with E-state index < -0.39 is 5.97 Å². The van der Waals surface area contributed by atoms with Gasteiger partial charge in [0.15, 0.2) is 11.5 Å². The highest BCUT2D eigenvalue weighted by Gasteiger charge is 2.62. The molecule has 0 saturated heterocycles. The van der Waals surface area contributed by atoms with Crippen molar-refractivity contribution in [3.63, 3.8) is 0 Å². The second-order valence-corrected chi connectivity index (χ2v) is 9.96. The molecule has 1 heterocycles. The lowest BCUT2D eigenvalue weighted by molar-refractivity contribution is -0.143. The van der Waals surface area contributed by atoms with Crippen LogP contribution in [0.2, 0.25) is 0 Å². The van der Waals surface area contributed by atoms with Gasteiger partial charge >= 0.3 is 5.97 Å².